The molecule has 1 aromatic rings. The van der Waals surface area contributed by atoms with Gasteiger partial charge in [-0.2, -0.15) is 0 Å². The highest BCUT2D eigenvalue weighted by atomic mass is 15.2. The van der Waals surface area contributed by atoms with Crippen molar-refractivity contribution in [3.05, 3.63) is 23.5 Å². The number of rotatable bonds is 2. The van der Waals surface area contributed by atoms with Crippen molar-refractivity contribution in [3.8, 4) is 0 Å². The molecule has 1 atom stereocenters. The Morgan fingerprint density at radius 2 is 2.11 bits per heavy atom. The van der Waals surface area contributed by atoms with Gasteiger partial charge in [-0.05, 0) is 57.7 Å². The first-order valence-electron chi connectivity index (χ1n) is 7.16. The Bertz CT molecular complexity index is 426. The molecule has 1 aromatic heterocycles. The molecule has 98 valence electrons. The van der Waals surface area contributed by atoms with E-state index in [4.69, 9.17) is 0 Å². The Balaban J connectivity index is 1.80. The van der Waals surface area contributed by atoms with Gasteiger partial charge in [0.1, 0.15) is 0 Å². The monoisotopic (exact) mass is 245 g/mol. The first-order valence-corrected chi connectivity index (χ1v) is 7.16. The second kappa shape index (κ2) is 4.88. The molecular weight excluding hydrogens is 222 g/mol. The number of nitrogens with one attached hydrogen (secondary N) is 1. The summed E-state index contributed by atoms with van der Waals surface area (Å²) in [6, 6.07) is 5.06. The quantitative estimate of drug-likeness (QED) is 0.866. The third-order valence-electron chi connectivity index (χ3n) is 4.16. The minimum atomic E-state index is 0.688. The van der Waals surface area contributed by atoms with E-state index in [2.05, 4.69) is 41.2 Å². The molecule has 3 nitrogen and oxygen atoms in total. The highest BCUT2D eigenvalue weighted by molar-refractivity contribution is 5.51. The number of nitrogens with zero attached hydrogens (tertiary/aromatic N) is 2. The summed E-state index contributed by atoms with van der Waals surface area (Å²) in [7, 11) is 0. The van der Waals surface area contributed by atoms with Gasteiger partial charge in [-0.25, -0.2) is 0 Å². The molecule has 1 aliphatic heterocycles. The average molecular weight is 245 g/mol. The number of hydrogen-bond donors (Lipinski definition) is 1. The second-order valence-corrected chi connectivity index (χ2v) is 5.75. The van der Waals surface area contributed by atoms with Crippen molar-refractivity contribution in [1.29, 1.82) is 0 Å². The smallest absolute Gasteiger partial charge is 0.0608 e. The van der Waals surface area contributed by atoms with E-state index in [1.165, 1.54) is 30.6 Å². The third-order valence-corrected chi connectivity index (χ3v) is 4.16. The lowest BCUT2D eigenvalue weighted by Crippen LogP contribution is -2.39. The van der Waals surface area contributed by atoms with Crippen LogP contribution < -0.4 is 10.2 Å². The van der Waals surface area contributed by atoms with Gasteiger partial charge in [0.2, 0.25) is 0 Å². The third kappa shape index (κ3) is 2.51. The SMILES string of the molecule is Cc1ccc(N2CCCNC(C3CC3)C2)c(C)n1. The van der Waals surface area contributed by atoms with Gasteiger partial charge in [0, 0.05) is 24.8 Å². The highest BCUT2D eigenvalue weighted by Crippen LogP contribution is 2.34. The zero-order valence-corrected chi connectivity index (χ0v) is 11.4. The first kappa shape index (κ1) is 12.0. The number of hydrogen-bond acceptors (Lipinski definition) is 3. The zero-order chi connectivity index (χ0) is 12.5. The normalized spacial score (nSPS) is 25.0. The Morgan fingerprint density at radius 1 is 1.28 bits per heavy atom. The molecular formula is C15H23N3. The molecule has 2 heterocycles. The molecule has 3 heteroatoms. The molecule has 1 saturated heterocycles. The van der Waals surface area contributed by atoms with Crippen LogP contribution in [-0.4, -0.2) is 30.7 Å². The van der Waals surface area contributed by atoms with Crippen molar-refractivity contribution in [3.63, 3.8) is 0 Å². The molecule has 1 N–H and O–H groups in total. The summed E-state index contributed by atoms with van der Waals surface area (Å²) in [5.41, 5.74) is 3.62. The van der Waals surface area contributed by atoms with E-state index >= 15 is 0 Å². The van der Waals surface area contributed by atoms with E-state index in [-0.39, 0.29) is 0 Å². The summed E-state index contributed by atoms with van der Waals surface area (Å²) in [6.07, 6.45) is 4.06. The number of aromatic nitrogens is 1. The topological polar surface area (TPSA) is 28.2 Å². The first-order chi connectivity index (χ1) is 8.74. The summed E-state index contributed by atoms with van der Waals surface area (Å²) < 4.78 is 0. The summed E-state index contributed by atoms with van der Waals surface area (Å²) in [5, 5.41) is 3.71. The zero-order valence-electron chi connectivity index (χ0n) is 11.4. The van der Waals surface area contributed by atoms with Crippen LogP contribution in [0.25, 0.3) is 0 Å². The molecule has 2 fully saturated rings. The van der Waals surface area contributed by atoms with Crippen LogP contribution in [0, 0.1) is 19.8 Å². The molecule has 1 aliphatic carbocycles. The van der Waals surface area contributed by atoms with Crippen molar-refractivity contribution >= 4 is 5.69 Å². The molecule has 0 bridgehead atoms. The fourth-order valence-electron chi connectivity index (χ4n) is 3.00. The molecule has 0 amide bonds. The predicted octanol–water partition coefficient (Wildman–Crippen LogP) is 2.28. The maximum absolute atomic E-state index is 4.60. The molecule has 0 aromatic carbocycles. The number of aryl methyl sites for hydroxylation is 2. The molecule has 1 unspecified atom stereocenters. The van der Waals surface area contributed by atoms with Gasteiger partial charge in [-0.1, -0.05) is 0 Å². The van der Waals surface area contributed by atoms with E-state index in [0.29, 0.717) is 6.04 Å². The molecule has 1 saturated carbocycles. The van der Waals surface area contributed by atoms with E-state index in [9.17, 15) is 0 Å². The van der Waals surface area contributed by atoms with Gasteiger partial charge in [-0.15, -0.1) is 0 Å². The fraction of sp³-hybridized carbons (Fsp3) is 0.667. The molecule has 0 radical (unpaired) electrons. The minimum Gasteiger partial charge on any atom is -0.368 e. The lowest BCUT2D eigenvalue weighted by atomic mass is 10.1. The second-order valence-electron chi connectivity index (χ2n) is 5.75. The van der Waals surface area contributed by atoms with E-state index in [0.717, 1.165) is 31.2 Å². The van der Waals surface area contributed by atoms with Gasteiger partial charge in [-0.3, -0.25) is 4.98 Å². The van der Waals surface area contributed by atoms with E-state index in [1.54, 1.807) is 0 Å². The van der Waals surface area contributed by atoms with Gasteiger partial charge < -0.3 is 10.2 Å². The van der Waals surface area contributed by atoms with Crippen LogP contribution in [0.15, 0.2) is 12.1 Å². The van der Waals surface area contributed by atoms with Crippen LogP contribution in [0.5, 0.6) is 0 Å². The van der Waals surface area contributed by atoms with Gasteiger partial charge in [0.25, 0.3) is 0 Å². The fourth-order valence-corrected chi connectivity index (χ4v) is 3.00. The standard InChI is InChI=1S/C15H23N3/c1-11-4-7-15(12(2)17-11)18-9-3-8-16-14(10-18)13-5-6-13/h4,7,13-14,16H,3,5-6,8-10H2,1-2H3. The largest absolute Gasteiger partial charge is 0.368 e. The van der Waals surface area contributed by atoms with Crippen molar-refractivity contribution in [2.24, 2.45) is 5.92 Å². The lowest BCUT2D eigenvalue weighted by Gasteiger charge is -2.27. The van der Waals surface area contributed by atoms with Crippen LogP contribution in [0.1, 0.15) is 30.7 Å². The molecule has 0 spiro atoms. The van der Waals surface area contributed by atoms with E-state index < -0.39 is 0 Å². The van der Waals surface area contributed by atoms with Crippen molar-refractivity contribution < 1.29 is 0 Å². The summed E-state index contributed by atoms with van der Waals surface area (Å²) >= 11 is 0. The average Bonchev–Trinajstić information content (AvgIpc) is 3.15. The van der Waals surface area contributed by atoms with Crippen LogP contribution in [0.3, 0.4) is 0 Å². The van der Waals surface area contributed by atoms with Crippen molar-refractivity contribution in [2.45, 2.75) is 39.2 Å². The van der Waals surface area contributed by atoms with Gasteiger partial charge in [0.15, 0.2) is 0 Å². The predicted molar refractivity (Wildman–Crippen MR) is 75.1 cm³/mol. The summed E-state index contributed by atoms with van der Waals surface area (Å²) in [4.78, 5) is 7.14. The van der Waals surface area contributed by atoms with Crippen LogP contribution in [0.2, 0.25) is 0 Å². The van der Waals surface area contributed by atoms with Crippen LogP contribution in [0.4, 0.5) is 5.69 Å². The van der Waals surface area contributed by atoms with Gasteiger partial charge >= 0.3 is 0 Å². The Kier molecular flexibility index (Phi) is 3.25. The Hall–Kier alpha value is -1.09. The maximum Gasteiger partial charge on any atom is 0.0608 e. The lowest BCUT2D eigenvalue weighted by molar-refractivity contribution is 0.490. The summed E-state index contributed by atoms with van der Waals surface area (Å²) in [6.45, 7) is 7.66. The van der Waals surface area contributed by atoms with Crippen LogP contribution >= 0.6 is 0 Å². The summed E-state index contributed by atoms with van der Waals surface area (Å²) in [5.74, 6) is 0.921. The number of anilines is 1. The van der Waals surface area contributed by atoms with Crippen molar-refractivity contribution in [2.75, 3.05) is 24.5 Å². The molecule has 18 heavy (non-hydrogen) atoms. The Labute approximate surface area is 110 Å². The van der Waals surface area contributed by atoms with Crippen molar-refractivity contribution in [1.82, 2.24) is 10.3 Å². The Morgan fingerprint density at radius 3 is 2.83 bits per heavy atom. The maximum atomic E-state index is 4.60. The van der Waals surface area contributed by atoms with Gasteiger partial charge in [0.05, 0.1) is 11.4 Å². The number of pyridine rings is 1. The minimum absolute atomic E-state index is 0.688. The molecule has 2 aliphatic rings. The highest BCUT2D eigenvalue weighted by Gasteiger charge is 2.33. The molecule has 3 rings (SSSR count). The van der Waals surface area contributed by atoms with E-state index in [1.807, 2.05) is 0 Å². The van der Waals surface area contributed by atoms with Crippen LogP contribution in [-0.2, 0) is 0 Å².